The summed E-state index contributed by atoms with van der Waals surface area (Å²) in [6.07, 6.45) is 1.81. The molecular formula is C10H14ClN. The summed E-state index contributed by atoms with van der Waals surface area (Å²) in [5.41, 5.74) is 2.17. The molecule has 1 aromatic rings. The van der Waals surface area contributed by atoms with Crippen LogP contribution in [-0.4, -0.2) is 4.98 Å². The topological polar surface area (TPSA) is 12.9 Å². The van der Waals surface area contributed by atoms with Crippen LogP contribution in [0, 0.1) is 6.92 Å². The minimum absolute atomic E-state index is 0.102. The number of nitrogens with zero attached hydrogens (tertiary/aromatic N) is 1. The predicted molar refractivity (Wildman–Crippen MR) is 52.7 cm³/mol. The van der Waals surface area contributed by atoms with Crippen LogP contribution in [0.5, 0.6) is 0 Å². The van der Waals surface area contributed by atoms with E-state index in [1.165, 1.54) is 0 Å². The van der Waals surface area contributed by atoms with Crippen molar-refractivity contribution in [3.8, 4) is 0 Å². The summed E-state index contributed by atoms with van der Waals surface area (Å²) in [5.74, 6) is 0. The van der Waals surface area contributed by atoms with Crippen molar-refractivity contribution in [2.75, 3.05) is 0 Å². The summed E-state index contributed by atoms with van der Waals surface area (Å²) < 4.78 is 0. The van der Waals surface area contributed by atoms with Crippen LogP contribution < -0.4 is 0 Å². The van der Waals surface area contributed by atoms with Gasteiger partial charge in [-0.15, -0.1) is 0 Å². The Morgan fingerprint density at radius 1 is 1.33 bits per heavy atom. The Morgan fingerprint density at radius 2 is 1.92 bits per heavy atom. The number of hydrogen-bond donors (Lipinski definition) is 0. The lowest BCUT2D eigenvalue weighted by Crippen LogP contribution is -2.12. The van der Waals surface area contributed by atoms with Crippen LogP contribution in [0.15, 0.2) is 12.3 Å². The van der Waals surface area contributed by atoms with Gasteiger partial charge in [0.15, 0.2) is 0 Å². The summed E-state index contributed by atoms with van der Waals surface area (Å²) >= 11 is 6.12. The molecule has 1 nitrogen and oxygen atoms in total. The van der Waals surface area contributed by atoms with E-state index in [2.05, 4.69) is 25.8 Å². The van der Waals surface area contributed by atoms with Crippen LogP contribution in [0.3, 0.4) is 0 Å². The average Bonchev–Trinajstić information content (AvgIpc) is 1.92. The quantitative estimate of drug-likeness (QED) is 0.601. The Bertz CT molecular complexity index is 286. The van der Waals surface area contributed by atoms with E-state index in [0.29, 0.717) is 0 Å². The lowest BCUT2D eigenvalue weighted by Gasteiger charge is -2.20. The molecule has 0 aromatic carbocycles. The minimum Gasteiger partial charge on any atom is -0.260 e. The molecule has 0 N–H and O–H groups in total. The molecule has 0 fully saturated rings. The number of hydrogen-bond acceptors (Lipinski definition) is 1. The third-order valence-corrected chi connectivity index (χ3v) is 2.35. The van der Waals surface area contributed by atoms with Gasteiger partial charge in [-0.2, -0.15) is 0 Å². The Labute approximate surface area is 78.8 Å². The first-order valence-corrected chi connectivity index (χ1v) is 4.42. The van der Waals surface area contributed by atoms with Crippen molar-refractivity contribution in [1.29, 1.82) is 0 Å². The maximum atomic E-state index is 6.12. The molecule has 66 valence electrons. The summed E-state index contributed by atoms with van der Waals surface area (Å²) in [4.78, 5) is 4.12. The Kier molecular flexibility index (Phi) is 2.43. The third kappa shape index (κ3) is 1.78. The van der Waals surface area contributed by atoms with Crippen LogP contribution in [-0.2, 0) is 5.41 Å². The molecule has 12 heavy (non-hydrogen) atoms. The molecule has 0 saturated carbocycles. The molecule has 0 radical (unpaired) electrons. The van der Waals surface area contributed by atoms with Crippen LogP contribution in [0.1, 0.15) is 32.0 Å². The number of aromatic nitrogens is 1. The van der Waals surface area contributed by atoms with Gasteiger partial charge in [-0.3, -0.25) is 4.98 Å². The lowest BCUT2D eigenvalue weighted by molar-refractivity contribution is 0.589. The zero-order chi connectivity index (χ0) is 9.35. The van der Waals surface area contributed by atoms with Gasteiger partial charge in [-0.1, -0.05) is 32.4 Å². The molecule has 0 aliphatic rings. The van der Waals surface area contributed by atoms with Gasteiger partial charge in [0.1, 0.15) is 0 Å². The molecular weight excluding hydrogens is 170 g/mol. The SMILES string of the molecule is Cc1nccc(C(C)(C)C)c1Cl. The van der Waals surface area contributed by atoms with Gasteiger partial charge in [0.05, 0.1) is 10.7 Å². The average molecular weight is 184 g/mol. The zero-order valence-electron chi connectivity index (χ0n) is 7.98. The number of halogens is 1. The monoisotopic (exact) mass is 183 g/mol. The molecule has 0 aliphatic heterocycles. The summed E-state index contributed by atoms with van der Waals surface area (Å²) in [6.45, 7) is 8.37. The van der Waals surface area contributed by atoms with Gasteiger partial charge < -0.3 is 0 Å². The van der Waals surface area contributed by atoms with E-state index in [9.17, 15) is 0 Å². The van der Waals surface area contributed by atoms with Crippen LogP contribution >= 0.6 is 11.6 Å². The van der Waals surface area contributed by atoms with Crippen molar-refractivity contribution in [2.24, 2.45) is 0 Å². The molecule has 0 amide bonds. The second-order valence-electron chi connectivity index (χ2n) is 4.01. The first-order valence-electron chi connectivity index (χ1n) is 4.04. The second kappa shape index (κ2) is 3.06. The fourth-order valence-corrected chi connectivity index (χ4v) is 1.52. The van der Waals surface area contributed by atoms with E-state index in [1.54, 1.807) is 0 Å². The standard InChI is InChI=1S/C10H14ClN/c1-7-9(11)8(5-6-12-7)10(2,3)4/h5-6H,1-4H3. The Morgan fingerprint density at radius 3 is 2.33 bits per heavy atom. The van der Waals surface area contributed by atoms with Crippen molar-refractivity contribution in [3.63, 3.8) is 0 Å². The lowest BCUT2D eigenvalue weighted by atomic mass is 9.87. The normalized spacial score (nSPS) is 11.8. The molecule has 0 bridgehead atoms. The highest BCUT2D eigenvalue weighted by Gasteiger charge is 2.17. The van der Waals surface area contributed by atoms with Crippen molar-refractivity contribution < 1.29 is 0 Å². The minimum atomic E-state index is 0.102. The number of rotatable bonds is 0. The summed E-state index contributed by atoms with van der Waals surface area (Å²) in [6, 6.07) is 1.98. The fraction of sp³-hybridized carbons (Fsp3) is 0.500. The van der Waals surface area contributed by atoms with Crippen molar-refractivity contribution in [1.82, 2.24) is 4.98 Å². The molecule has 0 aliphatic carbocycles. The van der Waals surface area contributed by atoms with Gasteiger partial charge in [-0.25, -0.2) is 0 Å². The zero-order valence-corrected chi connectivity index (χ0v) is 8.74. The van der Waals surface area contributed by atoms with Gasteiger partial charge in [-0.05, 0) is 24.0 Å². The highest BCUT2D eigenvalue weighted by Crippen LogP contribution is 2.29. The van der Waals surface area contributed by atoms with Crippen molar-refractivity contribution in [3.05, 3.63) is 28.5 Å². The van der Waals surface area contributed by atoms with Crippen LogP contribution in [0.4, 0.5) is 0 Å². The van der Waals surface area contributed by atoms with Crippen molar-refractivity contribution in [2.45, 2.75) is 33.1 Å². The molecule has 1 aromatic heterocycles. The Hall–Kier alpha value is -0.560. The van der Waals surface area contributed by atoms with E-state index >= 15 is 0 Å². The molecule has 0 atom stereocenters. The first kappa shape index (κ1) is 9.53. The second-order valence-corrected chi connectivity index (χ2v) is 4.39. The van der Waals surface area contributed by atoms with Crippen LogP contribution in [0.25, 0.3) is 0 Å². The van der Waals surface area contributed by atoms with E-state index in [1.807, 2.05) is 19.2 Å². The van der Waals surface area contributed by atoms with Gasteiger partial charge in [0.2, 0.25) is 0 Å². The largest absolute Gasteiger partial charge is 0.260 e. The molecule has 2 heteroatoms. The first-order chi connectivity index (χ1) is 5.43. The van der Waals surface area contributed by atoms with E-state index in [-0.39, 0.29) is 5.41 Å². The summed E-state index contributed by atoms with van der Waals surface area (Å²) in [5, 5.41) is 0.796. The van der Waals surface area contributed by atoms with Gasteiger partial charge in [0.25, 0.3) is 0 Å². The highest BCUT2D eigenvalue weighted by molar-refractivity contribution is 6.32. The maximum Gasteiger partial charge on any atom is 0.0655 e. The van der Waals surface area contributed by atoms with Crippen molar-refractivity contribution >= 4 is 11.6 Å². The summed E-state index contributed by atoms with van der Waals surface area (Å²) in [7, 11) is 0. The van der Waals surface area contributed by atoms with E-state index < -0.39 is 0 Å². The maximum absolute atomic E-state index is 6.12. The molecule has 1 heterocycles. The Balaban J connectivity index is 3.26. The highest BCUT2D eigenvalue weighted by atomic mass is 35.5. The van der Waals surface area contributed by atoms with E-state index in [0.717, 1.165) is 16.3 Å². The van der Waals surface area contributed by atoms with Gasteiger partial charge in [0, 0.05) is 6.20 Å². The third-order valence-electron chi connectivity index (χ3n) is 1.87. The van der Waals surface area contributed by atoms with Gasteiger partial charge >= 0.3 is 0 Å². The molecule has 0 spiro atoms. The molecule has 0 unspecified atom stereocenters. The number of pyridine rings is 1. The van der Waals surface area contributed by atoms with Crippen LogP contribution in [0.2, 0.25) is 5.02 Å². The predicted octanol–water partition coefficient (Wildman–Crippen LogP) is 3.34. The molecule has 0 saturated heterocycles. The van der Waals surface area contributed by atoms with E-state index in [4.69, 9.17) is 11.6 Å². The molecule has 1 rings (SSSR count). The number of aryl methyl sites for hydroxylation is 1. The smallest absolute Gasteiger partial charge is 0.0655 e. The fourth-order valence-electron chi connectivity index (χ4n) is 1.13.